The molecule has 0 saturated carbocycles. The summed E-state index contributed by atoms with van der Waals surface area (Å²) in [7, 11) is 0. The first-order valence-electron chi connectivity index (χ1n) is 8.59. The maximum absolute atomic E-state index is 12.2. The summed E-state index contributed by atoms with van der Waals surface area (Å²) in [5.74, 6) is 0.255. The highest BCUT2D eigenvalue weighted by Gasteiger charge is 2.15. The number of hydrogen-bond acceptors (Lipinski definition) is 3. The van der Waals surface area contributed by atoms with Gasteiger partial charge in [0.05, 0.1) is 6.04 Å². The second-order valence-electron chi connectivity index (χ2n) is 6.20. The number of carbonyl (C=O) groups is 1. The standard InChI is InChI=1S/C20H26N2O3/c1-15(7-8-16-9-11-18(24)12-10-16)21-20(25)22-19(13-14-23)17-5-3-2-4-6-17/h2-6,9-12,15,19,23-24H,7-8,13-14H2,1H3,(H2,21,22,25)/t15?,19-/m1/s1. The van der Waals surface area contributed by atoms with Gasteiger partial charge in [0.2, 0.25) is 0 Å². The molecule has 0 fully saturated rings. The van der Waals surface area contributed by atoms with Gasteiger partial charge in [-0.1, -0.05) is 42.5 Å². The van der Waals surface area contributed by atoms with Gasteiger partial charge in [0, 0.05) is 12.6 Å². The van der Waals surface area contributed by atoms with Crippen LogP contribution in [0.5, 0.6) is 5.75 Å². The van der Waals surface area contributed by atoms with Crippen LogP contribution in [0.25, 0.3) is 0 Å². The number of rotatable bonds is 8. The zero-order chi connectivity index (χ0) is 18.1. The highest BCUT2D eigenvalue weighted by molar-refractivity contribution is 5.74. The van der Waals surface area contributed by atoms with Crippen molar-refractivity contribution >= 4 is 6.03 Å². The van der Waals surface area contributed by atoms with Crippen molar-refractivity contribution in [2.24, 2.45) is 0 Å². The minimum absolute atomic E-state index is 0.0102. The van der Waals surface area contributed by atoms with Gasteiger partial charge in [-0.05, 0) is 49.4 Å². The van der Waals surface area contributed by atoms with E-state index < -0.39 is 0 Å². The van der Waals surface area contributed by atoms with Crippen LogP contribution in [0, 0.1) is 0 Å². The van der Waals surface area contributed by atoms with Crippen LogP contribution in [0.1, 0.15) is 36.9 Å². The summed E-state index contributed by atoms with van der Waals surface area (Å²) in [6, 6.07) is 16.3. The predicted octanol–water partition coefficient (Wildman–Crippen LogP) is 3.14. The number of aliphatic hydroxyl groups excluding tert-OH is 1. The van der Waals surface area contributed by atoms with Gasteiger partial charge in [0.1, 0.15) is 5.75 Å². The van der Waals surface area contributed by atoms with E-state index in [1.165, 1.54) is 0 Å². The zero-order valence-electron chi connectivity index (χ0n) is 14.5. The van der Waals surface area contributed by atoms with E-state index in [9.17, 15) is 15.0 Å². The summed E-state index contributed by atoms with van der Waals surface area (Å²) in [5.41, 5.74) is 2.10. The molecule has 2 aromatic carbocycles. The molecule has 0 spiro atoms. The van der Waals surface area contributed by atoms with Gasteiger partial charge in [0.15, 0.2) is 0 Å². The van der Waals surface area contributed by atoms with E-state index in [1.807, 2.05) is 49.4 Å². The van der Waals surface area contributed by atoms with Crippen LogP contribution in [0.2, 0.25) is 0 Å². The minimum Gasteiger partial charge on any atom is -0.508 e. The molecule has 25 heavy (non-hydrogen) atoms. The normalized spacial score (nSPS) is 13.0. The Balaban J connectivity index is 1.82. The number of aromatic hydroxyl groups is 1. The van der Waals surface area contributed by atoms with E-state index in [1.54, 1.807) is 12.1 Å². The van der Waals surface area contributed by atoms with Crippen molar-refractivity contribution in [2.45, 2.75) is 38.3 Å². The number of amides is 2. The molecule has 2 amide bonds. The van der Waals surface area contributed by atoms with Gasteiger partial charge in [0.25, 0.3) is 0 Å². The molecule has 0 heterocycles. The zero-order valence-corrected chi connectivity index (χ0v) is 14.5. The second kappa shape index (κ2) is 9.69. The van der Waals surface area contributed by atoms with E-state index in [2.05, 4.69) is 10.6 Å². The van der Waals surface area contributed by atoms with Crippen molar-refractivity contribution in [2.75, 3.05) is 6.61 Å². The maximum Gasteiger partial charge on any atom is 0.315 e. The molecule has 0 bridgehead atoms. The van der Waals surface area contributed by atoms with Crippen LogP contribution in [0.4, 0.5) is 4.79 Å². The number of nitrogens with one attached hydrogen (secondary N) is 2. The number of phenols is 1. The Hall–Kier alpha value is -2.53. The fourth-order valence-electron chi connectivity index (χ4n) is 2.68. The number of urea groups is 1. The van der Waals surface area contributed by atoms with Crippen molar-refractivity contribution in [3.63, 3.8) is 0 Å². The van der Waals surface area contributed by atoms with Gasteiger partial charge in [-0.15, -0.1) is 0 Å². The fraction of sp³-hybridized carbons (Fsp3) is 0.350. The molecule has 0 saturated heterocycles. The summed E-state index contributed by atoms with van der Waals surface area (Å²) < 4.78 is 0. The lowest BCUT2D eigenvalue weighted by molar-refractivity contribution is 0.226. The third-order valence-corrected chi connectivity index (χ3v) is 4.10. The quantitative estimate of drug-likeness (QED) is 0.595. The van der Waals surface area contributed by atoms with Crippen LogP contribution < -0.4 is 10.6 Å². The molecular weight excluding hydrogens is 316 g/mol. The summed E-state index contributed by atoms with van der Waals surface area (Å²) in [6.07, 6.45) is 2.09. The monoisotopic (exact) mass is 342 g/mol. The molecule has 0 aliphatic heterocycles. The van der Waals surface area contributed by atoms with Crippen LogP contribution in [0.15, 0.2) is 54.6 Å². The Labute approximate surface area is 148 Å². The first-order valence-corrected chi connectivity index (χ1v) is 8.59. The molecule has 2 rings (SSSR count). The summed E-state index contributed by atoms with van der Waals surface area (Å²) in [4.78, 5) is 12.2. The van der Waals surface area contributed by atoms with E-state index in [0.717, 1.165) is 24.0 Å². The van der Waals surface area contributed by atoms with Gasteiger partial charge in [-0.25, -0.2) is 4.79 Å². The van der Waals surface area contributed by atoms with Crippen LogP contribution in [0.3, 0.4) is 0 Å². The summed E-state index contributed by atoms with van der Waals surface area (Å²) in [5, 5.41) is 24.4. The molecule has 5 nitrogen and oxygen atoms in total. The van der Waals surface area contributed by atoms with Crippen molar-refractivity contribution in [1.82, 2.24) is 10.6 Å². The lowest BCUT2D eigenvalue weighted by atomic mass is 10.0. The lowest BCUT2D eigenvalue weighted by Crippen LogP contribution is -2.42. The molecule has 0 aromatic heterocycles. The van der Waals surface area contributed by atoms with E-state index in [-0.39, 0.29) is 30.5 Å². The number of benzene rings is 2. The Bertz CT molecular complexity index is 644. The van der Waals surface area contributed by atoms with Gasteiger partial charge < -0.3 is 20.8 Å². The van der Waals surface area contributed by atoms with Crippen molar-refractivity contribution in [1.29, 1.82) is 0 Å². The van der Waals surface area contributed by atoms with Crippen LogP contribution in [-0.2, 0) is 6.42 Å². The van der Waals surface area contributed by atoms with Crippen LogP contribution >= 0.6 is 0 Å². The van der Waals surface area contributed by atoms with Gasteiger partial charge in [-0.3, -0.25) is 0 Å². The smallest absolute Gasteiger partial charge is 0.315 e. The molecular formula is C20H26N2O3. The topological polar surface area (TPSA) is 81.6 Å². The summed E-state index contributed by atoms with van der Waals surface area (Å²) >= 11 is 0. The third-order valence-electron chi connectivity index (χ3n) is 4.10. The molecule has 0 aliphatic rings. The minimum atomic E-state index is -0.236. The Morgan fingerprint density at radius 1 is 1.00 bits per heavy atom. The highest BCUT2D eigenvalue weighted by Crippen LogP contribution is 2.16. The average Bonchev–Trinajstić information content (AvgIpc) is 2.61. The largest absolute Gasteiger partial charge is 0.508 e. The Morgan fingerprint density at radius 2 is 1.68 bits per heavy atom. The lowest BCUT2D eigenvalue weighted by Gasteiger charge is -2.21. The predicted molar refractivity (Wildman–Crippen MR) is 98.4 cm³/mol. The number of carbonyl (C=O) groups excluding carboxylic acids is 1. The van der Waals surface area contributed by atoms with Crippen LogP contribution in [-0.4, -0.2) is 28.9 Å². The molecule has 1 unspecified atom stereocenters. The molecule has 0 radical (unpaired) electrons. The maximum atomic E-state index is 12.2. The molecule has 5 heteroatoms. The Kier molecular flexibility index (Phi) is 7.29. The second-order valence-corrected chi connectivity index (χ2v) is 6.20. The SMILES string of the molecule is CC(CCc1ccc(O)cc1)NC(=O)N[C@H](CCO)c1ccccc1. The van der Waals surface area contributed by atoms with E-state index in [0.29, 0.717) is 6.42 Å². The molecule has 0 aliphatic carbocycles. The molecule has 134 valence electrons. The van der Waals surface area contributed by atoms with Gasteiger partial charge in [-0.2, -0.15) is 0 Å². The third kappa shape index (κ3) is 6.47. The number of aryl methyl sites for hydroxylation is 1. The fourth-order valence-corrected chi connectivity index (χ4v) is 2.68. The molecule has 2 atom stereocenters. The summed E-state index contributed by atoms with van der Waals surface area (Å²) in [6.45, 7) is 1.97. The number of phenolic OH excluding ortho intramolecular Hbond substituents is 1. The van der Waals surface area contributed by atoms with E-state index >= 15 is 0 Å². The van der Waals surface area contributed by atoms with Gasteiger partial charge >= 0.3 is 6.03 Å². The number of hydrogen-bond donors (Lipinski definition) is 4. The molecule has 2 aromatic rings. The van der Waals surface area contributed by atoms with E-state index in [4.69, 9.17) is 0 Å². The Morgan fingerprint density at radius 3 is 2.32 bits per heavy atom. The van der Waals surface area contributed by atoms with Crippen molar-refractivity contribution in [3.05, 3.63) is 65.7 Å². The molecule has 4 N–H and O–H groups in total. The first kappa shape index (κ1) is 18.8. The van der Waals surface area contributed by atoms with Crippen molar-refractivity contribution < 1.29 is 15.0 Å². The highest BCUT2D eigenvalue weighted by atomic mass is 16.3. The average molecular weight is 342 g/mol. The van der Waals surface area contributed by atoms with Crippen molar-refractivity contribution in [3.8, 4) is 5.75 Å². The first-order chi connectivity index (χ1) is 12.1. The number of aliphatic hydroxyl groups is 1.